The second-order valence-electron chi connectivity index (χ2n) is 7.02. The Morgan fingerprint density at radius 2 is 2.19 bits per heavy atom. The van der Waals surface area contributed by atoms with E-state index in [9.17, 15) is 9.59 Å². The molecule has 0 saturated carbocycles. The standard InChI is InChI=1S/C20H24N2O4/c1-25-16-6-3-5-14(11-16)13-22-15-7-8-17(22)20(9-4-10-21,18(23)12-15)19(24)26-2/h3,5-6,11,15,17H,4,7-9,12-13H2,1-2H3/t15-,17-,20-/m1/s1. The van der Waals surface area contributed by atoms with Crippen LogP contribution in [0.3, 0.4) is 0 Å². The van der Waals surface area contributed by atoms with Crippen molar-refractivity contribution >= 4 is 11.8 Å². The van der Waals surface area contributed by atoms with E-state index in [4.69, 9.17) is 14.7 Å². The number of carbonyl (C=O) groups excluding carboxylic acids is 2. The first-order valence-electron chi connectivity index (χ1n) is 8.94. The average molecular weight is 356 g/mol. The lowest BCUT2D eigenvalue weighted by molar-refractivity contribution is -0.167. The molecule has 2 aliphatic heterocycles. The molecule has 2 bridgehead atoms. The maximum absolute atomic E-state index is 12.9. The number of carbonyl (C=O) groups is 2. The van der Waals surface area contributed by atoms with Crippen molar-refractivity contribution in [2.24, 2.45) is 5.41 Å². The fraction of sp³-hybridized carbons (Fsp3) is 0.550. The molecule has 2 heterocycles. The van der Waals surface area contributed by atoms with Crippen LogP contribution >= 0.6 is 0 Å². The molecule has 138 valence electrons. The number of ketones is 1. The van der Waals surface area contributed by atoms with Crippen molar-refractivity contribution in [3.8, 4) is 11.8 Å². The maximum Gasteiger partial charge on any atom is 0.321 e. The number of Topliss-reactive ketones (excluding diaryl/α,β-unsaturated/α-hetero) is 1. The van der Waals surface area contributed by atoms with Gasteiger partial charge in [0.05, 0.1) is 20.3 Å². The Morgan fingerprint density at radius 3 is 2.88 bits per heavy atom. The number of ether oxygens (including phenoxy) is 2. The summed E-state index contributed by atoms with van der Waals surface area (Å²) in [6.45, 7) is 0.644. The largest absolute Gasteiger partial charge is 0.497 e. The summed E-state index contributed by atoms with van der Waals surface area (Å²) in [4.78, 5) is 27.9. The van der Waals surface area contributed by atoms with Gasteiger partial charge in [0.15, 0.2) is 5.78 Å². The molecule has 3 rings (SSSR count). The highest BCUT2D eigenvalue weighted by molar-refractivity contribution is 6.05. The fourth-order valence-electron chi connectivity index (χ4n) is 4.58. The Morgan fingerprint density at radius 1 is 1.38 bits per heavy atom. The van der Waals surface area contributed by atoms with Crippen molar-refractivity contribution < 1.29 is 19.1 Å². The van der Waals surface area contributed by atoms with Crippen molar-refractivity contribution in [3.05, 3.63) is 29.8 Å². The lowest BCUT2D eigenvalue weighted by Gasteiger charge is -2.45. The van der Waals surface area contributed by atoms with Crippen molar-refractivity contribution in [3.63, 3.8) is 0 Å². The molecular formula is C20H24N2O4. The molecule has 3 atom stereocenters. The minimum Gasteiger partial charge on any atom is -0.497 e. The molecule has 0 spiro atoms. The molecule has 1 aromatic carbocycles. The Kier molecular flexibility index (Phi) is 5.28. The van der Waals surface area contributed by atoms with Crippen LogP contribution in [0.15, 0.2) is 24.3 Å². The monoisotopic (exact) mass is 356 g/mol. The van der Waals surface area contributed by atoms with Gasteiger partial charge in [-0.2, -0.15) is 5.26 Å². The summed E-state index contributed by atoms with van der Waals surface area (Å²) in [6.07, 6.45) is 2.36. The van der Waals surface area contributed by atoms with Crippen LogP contribution in [0.25, 0.3) is 0 Å². The van der Waals surface area contributed by atoms with Gasteiger partial charge in [-0.3, -0.25) is 14.5 Å². The van der Waals surface area contributed by atoms with Crippen LogP contribution in [0.2, 0.25) is 0 Å². The van der Waals surface area contributed by atoms with Gasteiger partial charge in [-0.05, 0) is 37.0 Å². The molecule has 0 unspecified atom stereocenters. The third kappa shape index (κ3) is 2.97. The van der Waals surface area contributed by atoms with Crippen LogP contribution < -0.4 is 4.74 Å². The number of hydrogen-bond donors (Lipinski definition) is 0. The Bertz CT molecular complexity index is 742. The zero-order chi connectivity index (χ0) is 18.7. The number of piperidine rings is 1. The first kappa shape index (κ1) is 18.4. The number of nitrogens with zero attached hydrogens (tertiary/aromatic N) is 2. The van der Waals surface area contributed by atoms with Gasteiger partial charge in [0.1, 0.15) is 11.2 Å². The molecule has 0 aliphatic carbocycles. The van der Waals surface area contributed by atoms with Crippen molar-refractivity contribution in [1.82, 2.24) is 4.90 Å². The van der Waals surface area contributed by atoms with E-state index >= 15 is 0 Å². The fourth-order valence-corrected chi connectivity index (χ4v) is 4.58. The zero-order valence-electron chi connectivity index (χ0n) is 15.2. The van der Waals surface area contributed by atoms with Crippen LogP contribution in [-0.2, 0) is 20.9 Å². The minimum atomic E-state index is -1.23. The third-order valence-electron chi connectivity index (χ3n) is 5.81. The van der Waals surface area contributed by atoms with Crippen LogP contribution in [0.4, 0.5) is 0 Å². The lowest BCUT2D eigenvalue weighted by atomic mass is 9.69. The molecule has 6 nitrogen and oxygen atoms in total. The van der Waals surface area contributed by atoms with Crippen LogP contribution in [0.1, 0.15) is 37.7 Å². The Balaban J connectivity index is 1.93. The van der Waals surface area contributed by atoms with E-state index < -0.39 is 11.4 Å². The molecule has 0 radical (unpaired) electrons. The maximum atomic E-state index is 12.9. The van der Waals surface area contributed by atoms with Gasteiger partial charge in [0.25, 0.3) is 0 Å². The van der Waals surface area contributed by atoms with Gasteiger partial charge >= 0.3 is 5.97 Å². The van der Waals surface area contributed by atoms with Crippen molar-refractivity contribution in [1.29, 1.82) is 5.26 Å². The quantitative estimate of drug-likeness (QED) is 0.575. The van der Waals surface area contributed by atoms with Gasteiger partial charge in [-0.1, -0.05) is 12.1 Å². The van der Waals surface area contributed by atoms with Gasteiger partial charge < -0.3 is 9.47 Å². The highest BCUT2D eigenvalue weighted by atomic mass is 16.5. The number of hydrogen-bond acceptors (Lipinski definition) is 6. The molecule has 0 N–H and O–H groups in total. The number of fused-ring (bicyclic) bond motifs is 2. The van der Waals surface area contributed by atoms with Crippen LogP contribution in [0, 0.1) is 16.7 Å². The summed E-state index contributed by atoms with van der Waals surface area (Å²) in [7, 11) is 2.95. The van der Waals surface area contributed by atoms with E-state index in [1.165, 1.54) is 7.11 Å². The van der Waals surface area contributed by atoms with E-state index in [0.717, 1.165) is 24.2 Å². The molecule has 0 amide bonds. The smallest absolute Gasteiger partial charge is 0.321 e. The van der Waals surface area contributed by atoms with E-state index in [1.807, 2.05) is 24.3 Å². The Labute approximate surface area is 153 Å². The predicted octanol–water partition coefficient (Wildman–Crippen LogP) is 2.46. The summed E-state index contributed by atoms with van der Waals surface area (Å²) in [5.41, 5.74) is -0.147. The topological polar surface area (TPSA) is 79.6 Å². The van der Waals surface area contributed by atoms with Crippen LogP contribution in [-0.4, -0.2) is 43.0 Å². The molecule has 2 aliphatic rings. The second kappa shape index (κ2) is 7.46. The molecule has 2 saturated heterocycles. The van der Waals surface area contributed by atoms with Gasteiger partial charge in [-0.15, -0.1) is 0 Å². The lowest BCUT2D eigenvalue weighted by Crippen LogP contribution is -2.60. The van der Waals surface area contributed by atoms with E-state index in [1.54, 1.807) is 7.11 Å². The van der Waals surface area contributed by atoms with Gasteiger partial charge in [0.2, 0.25) is 0 Å². The molecule has 26 heavy (non-hydrogen) atoms. The van der Waals surface area contributed by atoms with E-state index in [-0.39, 0.29) is 30.7 Å². The van der Waals surface area contributed by atoms with Gasteiger partial charge in [0, 0.05) is 31.5 Å². The third-order valence-corrected chi connectivity index (χ3v) is 5.81. The number of esters is 1. The second-order valence-corrected chi connectivity index (χ2v) is 7.02. The summed E-state index contributed by atoms with van der Waals surface area (Å²) in [6, 6.07) is 9.83. The number of rotatable bonds is 6. The molecule has 1 aromatic rings. The molecule has 2 fully saturated rings. The van der Waals surface area contributed by atoms with E-state index in [2.05, 4.69) is 11.0 Å². The first-order valence-corrected chi connectivity index (χ1v) is 8.94. The van der Waals surface area contributed by atoms with Crippen molar-refractivity contribution in [2.45, 2.75) is 50.7 Å². The van der Waals surface area contributed by atoms with Crippen molar-refractivity contribution in [2.75, 3.05) is 14.2 Å². The normalized spacial score (nSPS) is 27.8. The number of nitriles is 1. The predicted molar refractivity (Wildman–Crippen MR) is 94.3 cm³/mol. The number of benzene rings is 1. The zero-order valence-corrected chi connectivity index (χ0v) is 15.2. The Hall–Kier alpha value is -2.39. The molecule has 6 heteroatoms. The summed E-state index contributed by atoms with van der Waals surface area (Å²) < 4.78 is 10.3. The summed E-state index contributed by atoms with van der Waals surface area (Å²) in [5.74, 6) is 0.208. The number of methoxy groups -OCH3 is 2. The summed E-state index contributed by atoms with van der Waals surface area (Å²) in [5, 5.41) is 9.04. The highest BCUT2D eigenvalue weighted by Gasteiger charge is 2.61. The summed E-state index contributed by atoms with van der Waals surface area (Å²) >= 11 is 0. The first-order chi connectivity index (χ1) is 12.6. The average Bonchev–Trinajstić information content (AvgIpc) is 2.97. The minimum absolute atomic E-state index is 0.0750. The molecule has 0 aromatic heterocycles. The van der Waals surface area contributed by atoms with Crippen LogP contribution in [0.5, 0.6) is 5.75 Å². The molecular weight excluding hydrogens is 332 g/mol. The van der Waals surface area contributed by atoms with E-state index in [0.29, 0.717) is 13.0 Å². The highest BCUT2D eigenvalue weighted by Crippen LogP contribution is 2.48. The van der Waals surface area contributed by atoms with Gasteiger partial charge in [-0.25, -0.2) is 0 Å². The SMILES string of the molecule is COC(=O)[C@@]1(CCC#N)C(=O)C[C@H]2CC[C@H]1N2Cc1cccc(OC)c1.